The van der Waals surface area contributed by atoms with E-state index in [1.165, 1.54) is 6.92 Å². The number of aliphatic hydroxyl groups is 1. The van der Waals surface area contributed by atoms with Crippen molar-refractivity contribution in [1.82, 2.24) is 4.72 Å². The van der Waals surface area contributed by atoms with Crippen LogP contribution in [0.1, 0.15) is 6.92 Å². The minimum Gasteiger partial charge on any atom is -0.395 e. The highest BCUT2D eigenvalue weighted by Gasteiger charge is 2.28. The van der Waals surface area contributed by atoms with Crippen LogP contribution in [-0.2, 0) is 10.0 Å². The van der Waals surface area contributed by atoms with Crippen molar-refractivity contribution in [3.63, 3.8) is 0 Å². The Morgan fingerprint density at radius 3 is 2.53 bits per heavy atom. The molecule has 0 bridgehead atoms. The van der Waals surface area contributed by atoms with Gasteiger partial charge in [0.1, 0.15) is 14.9 Å². The molecule has 0 aromatic heterocycles. The van der Waals surface area contributed by atoms with Crippen molar-refractivity contribution in [2.45, 2.75) is 17.9 Å². The summed E-state index contributed by atoms with van der Waals surface area (Å²) in [6, 6.07) is 1.38. The van der Waals surface area contributed by atoms with Crippen molar-refractivity contribution < 1.29 is 18.4 Å². The van der Waals surface area contributed by atoms with Gasteiger partial charge in [0.15, 0.2) is 0 Å². The fourth-order valence-corrected chi connectivity index (χ4v) is 3.39. The lowest BCUT2D eigenvalue weighted by atomic mass is 10.3. The summed E-state index contributed by atoms with van der Waals surface area (Å²) in [5.41, 5.74) is -0.678. The second-order valence-electron chi connectivity index (χ2n) is 3.67. The molecule has 0 saturated heterocycles. The van der Waals surface area contributed by atoms with Crippen LogP contribution < -0.4 is 4.72 Å². The third kappa shape index (κ3) is 3.54. The number of hydrogen-bond acceptors (Lipinski definition) is 5. The van der Waals surface area contributed by atoms with E-state index < -0.39 is 43.2 Å². The number of benzene rings is 1. The second-order valence-corrected chi connectivity index (χ2v) is 6.14. The predicted molar refractivity (Wildman–Crippen MR) is 70.0 cm³/mol. The average molecular weight is 329 g/mol. The highest BCUT2D eigenvalue weighted by Crippen LogP contribution is 2.37. The van der Waals surface area contributed by atoms with Crippen LogP contribution in [0.4, 0.5) is 5.69 Å². The Bertz CT molecular complexity index is 605. The zero-order valence-electron chi connectivity index (χ0n) is 9.63. The number of nitrogens with one attached hydrogen (secondary N) is 1. The van der Waals surface area contributed by atoms with Crippen molar-refractivity contribution in [3.05, 3.63) is 32.3 Å². The van der Waals surface area contributed by atoms with E-state index in [-0.39, 0.29) is 5.02 Å². The maximum atomic E-state index is 11.9. The Hall–Kier alpha value is -0.930. The normalized spacial score (nSPS) is 13.3. The lowest BCUT2D eigenvalue weighted by Gasteiger charge is -2.12. The Morgan fingerprint density at radius 1 is 1.47 bits per heavy atom. The summed E-state index contributed by atoms with van der Waals surface area (Å²) < 4.78 is 26.0. The second kappa shape index (κ2) is 6.02. The van der Waals surface area contributed by atoms with Crippen molar-refractivity contribution >= 4 is 38.9 Å². The van der Waals surface area contributed by atoms with Gasteiger partial charge in [0.25, 0.3) is 0 Å². The number of halogens is 2. The van der Waals surface area contributed by atoms with Crippen LogP contribution in [-0.4, -0.2) is 31.1 Å². The number of rotatable bonds is 5. The molecule has 19 heavy (non-hydrogen) atoms. The van der Waals surface area contributed by atoms with Gasteiger partial charge in [-0.15, -0.1) is 0 Å². The van der Waals surface area contributed by atoms with Gasteiger partial charge in [0.2, 0.25) is 10.0 Å². The molecule has 0 unspecified atom stereocenters. The van der Waals surface area contributed by atoms with Gasteiger partial charge in [-0.1, -0.05) is 23.2 Å². The molecule has 0 aliphatic rings. The molecule has 1 rings (SSSR count). The molecular weight excluding hydrogens is 319 g/mol. The highest BCUT2D eigenvalue weighted by molar-refractivity contribution is 7.89. The van der Waals surface area contributed by atoms with E-state index in [1.807, 2.05) is 0 Å². The third-order valence-corrected chi connectivity index (χ3v) is 4.57. The van der Waals surface area contributed by atoms with Gasteiger partial charge in [-0.05, 0) is 19.1 Å². The van der Waals surface area contributed by atoms with E-state index in [2.05, 4.69) is 4.72 Å². The Labute approximate surface area is 119 Å². The maximum Gasteiger partial charge on any atom is 0.307 e. The number of nitrogens with zero attached hydrogens (tertiary/aromatic N) is 1. The van der Waals surface area contributed by atoms with Gasteiger partial charge in [0.05, 0.1) is 11.5 Å². The molecule has 1 aromatic carbocycles. The Morgan fingerprint density at radius 2 is 2.05 bits per heavy atom. The fourth-order valence-electron chi connectivity index (χ4n) is 1.26. The molecular formula is C9H10Cl2N2O5S. The number of aliphatic hydroxyl groups excluding tert-OH is 1. The van der Waals surface area contributed by atoms with E-state index in [1.54, 1.807) is 0 Å². The number of hydrogen-bond donors (Lipinski definition) is 2. The summed E-state index contributed by atoms with van der Waals surface area (Å²) in [6.07, 6.45) is 0. The van der Waals surface area contributed by atoms with Gasteiger partial charge < -0.3 is 5.11 Å². The maximum absolute atomic E-state index is 11.9. The molecule has 0 heterocycles. The topological polar surface area (TPSA) is 110 Å². The molecule has 0 fully saturated rings. The molecule has 0 aliphatic heterocycles. The quantitative estimate of drug-likeness (QED) is 0.629. The Kier molecular flexibility index (Phi) is 5.11. The Balaban J connectivity index is 3.37. The summed E-state index contributed by atoms with van der Waals surface area (Å²) >= 11 is 11.3. The molecule has 0 radical (unpaired) electrons. The van der Waals surface area contributed by atoms with Crippen LogP contribution >= 0.6 is 23.2 Å². The van der Waals surface area contributed by atoms with Crippen LogP contribution in [0, 0.1) is 10.1 Å². The van der Waals surface area contributed by atoms with Crippen LogP contribution in [0.25, 0.3) is 0 Å². The van der Waals surface area contributed by atoms with Gasteiger partial charge in [0, 0.05) is 6.04 Å². The van der Waals surface area contributed by atoms with Crippen LogP contribution in [0.5, 0.6) is 0 Å². The SMILES string of the molecule is C[C@@H](CO)NS(=O)(=O)c1ccc(Cl)c([N+](=O)[O-])c1Cl. The highest BCUT2D eigenvalue weighted by atomic mass is 35.5. The smallest absolute Gasteiger partial charge is 0.307 e. The first-order valence-electron chi connectivity index (χ1n) is 4.96. The van der Waals surface area contributed by atoms with E-state index in [0.717, 1.165) is 12.1 Å². The summed E-state index contributed by atoms with van der Waals surface area (Å²) in [7, 11) is -4.08. The summed E-state index contributed by atoms with van der Waals surface area (Å²) in [5, 5.41) is 18.8. The van der Waals surface area contributed by atoms with E-state index in [9.17, 15) is 18.5 Å². The molecule has 0 amide bonds. The standard InChI is InChI=1S/C9H10Cl2N2O5S/c1-5(4-14)12-19(17,18)7-3-2-6(10)9(8(7)11)13(15)16/h2-3,5,12,14H,4H2,1H3/t5-/m0/s1. The van der Waals surface area contributed by atoms with E-state index in [4.69, 9.17) is 28.3 Å². The number of nitro benzene ring substituents is 1. The predicted octanol–water partition coefficient (Wildman–Crippen LogP) is 1.56. The molecule has 1 aromatic rings. The van der Waals surface area contributed by atoms with Gasteiger partial charge >= 0.3 is 5.69 Å². The average Bonchev–Trinajstić information content (AvgIpc) is 2.27. The molecule has 10 heteroatoms. The molecule has 0 saturated carbocycles. The summed E-state index contributed by atoms with van der Waals surface area (Å²) in [6.45, 7) is 1.00. The molecule has 7 nitrogen and oxygen atoms in total. The molecule has 106 valence electrons. The third-order valence-electron chi connectivity index (χ3n) is 2.13. The summed E-state index contributed by atoms with van der Waals surface area (Å²) in [4.78, 5) is 9.45. The zero-order valence-corrected chi connectivity index (χ0v) is 12.0. The first-order chi connectivity index (χ1) is 8.70. The number of nitro groups is 1. The van der Waals surface area contributed by atoms with E-state index >= 15 is 0 Å². The first kappa shape index (κ1) is 16.1. The van der Waals surface area contributed by atoms with Crippen LogP contribution in [0.15, 0.2) is 17.0 Å². The fraction of sp³-hybridized carbons (Fsp3) is 0.333. The van der Waals surface area contributed by atoms with E-state index in [0.29, 0.717) is 0 Å². The van der Waals surface area contributed by atoms with Crippen LogP contribution in [0.2, 0.25) is 10.0 Å². The number of sulfonamides is 1. The van der Waals surface area contributed by atoms with Gasteiger partial charge in [-0.2, -0.15) is 0 Å². The minimum atomic E-state index is -4.08. The zero-order chi connectivity index (χ0) is 14.8. The molecule has 0 aliphatic carbocycles. The van der Waals surface area contributed by atoms with Gasteiger partial charge in [-0.3, -0.25) is 10.1 Å². The largest absolute Gasteiger partial charge is 0.395 e. The minimum absolute atomic E-state index is 0.260. The molecule has 0 spiro atoms. The van der Waals surface area contributed by atoms with Gasteiger partial charge in [-0.25, -0.2) is 13.1 Å². The first-order valence-corrected chi connectivity index (χ1v) is 7.20. The molecule has 2 N–H and O–H groups in total. The van der Waals surface area contributed by atoms with Crippen molar-refractivity contribution in [2.24, 2.45) is 0 Å². The van der Waals surface area contributed by atoms with Crippen molar-refractivity contribution in [1.29, 1.82) is 0 Å². The monoisotopic (exact) mass is 328 g/mol. The lowest BCUT2D eigenvalue weighted by molar-refractivity contribution is -0.384. The van der Waals surface area contributed by atoms with Crippen molar-refractivity contribution in [2.75, 3.05) is 6.61 Å². The van der Waals surface area contributed by atoms with Crippen molar-refractivity contribution in [3.8, 4) is 0 Å². The molecule has 1 atom stereocenters. The lowest BCUT2D eigenvalue weighted by Crippen LogP contribution is -2.35. The summed E-state index contributed by atoms with van der Waals surface area (Å²) in [5.74, 6) is 0. The van der Waals surface area contributed by atoms with Crippen LogP contribution in [0.3, 0.4) is 0 Å².